The normalized spacial score (nSPS) is 10.2. The molecule has 1 N–H and O–H groups in total. The van der Waals surface area contributed by atoms with E-state index in [0.717, 1.165) is 30.4 Å². The topological polar surface area (TPSA) is 55.4 Å². The van der Waals surface area contributed by atoms with Crippen LogP contribution in [-0.4, -0.2) is 25.0 Å². The second kappa shape index (κ2) is 8.35. The Morgan fingerprint density at radius 3 is 2.65 bits per heavy atom. The van der Waals surface area contributed by atoms with E-state index in [9.17, 15) is 9.59 Å². The molecule has 0 aliphatic carbocycles. The van der Waals surface area contributed by atoms with Gasteiger partial charge in [-0.1, -0.05) is 37.5 Å². The van der Waals surface area contributed by atoms with E-state index < -0.39 is 5.97 Å². The minimum absolute atomic E-state index is 0.224. The predicted octanol–water partition coefficient (Wildman–Crippen LogP) is 2.77. The van der Waals surface area contributed by atoms with Gasteiger partial charge in [-0.05, 0) is 31.9 Å². The standard InChI is InChI=1S/C16H23NO3/c1-4-5-6-9-17-15(18)11-20-16(19)14-10-12(2)7-8-13(14)3/h7-8,10H,4-6,9,11H2,1-3H3,(H,17,18). The summed E-state index contributed by atoms with van der Waals surface area (Å²) in [5, 5.41) is 2.73. The van der Waals surface area contributed by atoms with E-state index in [1.807, 2.05) is 26.0 Å². The summed E-state index contributed by atoms with van der Waals surface area (Å²) in [4.78, 5) is 23.4. The Kier molecular flexibility index (Phi) is 6.77. The van der Waals surface area contributed by atoms with Crippen LogP contribution in [0.2, 0.25) is 0 Å². The van der Waals surface area contributed by atoms with Crippen LogP contribution < -0.4 is 5.32 Å². The maximum atomic E-state index is 11.9. The van der Waals surface area contributed by atoms with E-state index in [1.165, 1.54) is 0 Å². The molecule has 0 aliphatic rings. The summed E-state index contributed by atoms with van der Waals surface area (Å²) in [6, 6.07) is 5.58. The molecule has 0 aromatic heterocycles. The van der Waals surface area contributed by atoms with Gasteiger partial charge in [-0.25, -0.2) is 4.79 Å². The van der Waals surface area contributed by atoms with Crippen molar-refractivity contribution in [1.29, 1.82) is 0 Å². The molecular weight excluding hydrogens is 254 g/mol. The molecule has 0 atom stereocenters. The molecule has 4 heteroatoms. The molecule has 0 aliphatic heterocycles. The molecule has 4 nitrogen and oxygen atoms in total. The third-order valence-corrected chi connectivity index (χ3v) is 3.05. The Morgan fingerprint density at radius 1 is 1.20 bits per heavy atom. The highest BCUT2D eigenvalue weighted by Gasteiger charge is 2.12. The molecule has 1 aromatic carbocycles. The van der Waals surface area contributed by atoms with Gasteiger partial charge in [-0.15, -0.1) is 0 Å². The number of hydrogen-bond donors (Lipinski definition) is 1. The lowest BCUT2D eigenvalue weighted by Crippen LogP contribution is -2.29. The van der Waals surface area contributed by atoms with E-state index in [0.29, 0.717) is 12.1 Å². The average molecular weight is 277 g/mol. The maximum absolute atomic E-state index is 11.9. The minimum atomic E-state index is -0.449. The highest BCUT2D eigenvalue weighted by molar-refractivity contribution is 5.92. The van der Waals surface area contributed by atoms with Gasteiger partial charge in [0.25, 0.3) is 5.91 Å². The molecule has 0 unspecified atom stereocenters. The van der Waals surface area contributed by atoms with Gasteiger partial charge in [-0.3, -0.25) is 4.79 Å². The average Bonchev–Trinajstić information content (AvgIpc) is 2.43. The van der Waals surface area contributed by atoms with E-state index in [1.54, 1.807) is 6.07 Å². The maximum Gasteiger partial charge on any atom is 0.338 e. The number of unbranched alkanes of at least 4 members (excludes halogenated alkanes) is 2. The van der Waals surface area contributed by atoms with Gasteiger partial charge >= 0.3 is 5.97 Å². The highest BCUT2D eigenvalue weighted by atomic mass is 16.5. The van der Waals surface area contributed by atoms with Gasteiger partial charge in [0.1, 0.15) is 0 Å². The molecule has 1 rings (SSSR count). The number of carbonyl (C=O) groups is 2. The summed E-state index contributed by atoms with van der Waals surface area (Å²) in [5.74, 6) is -0.699. The molecular formula is C16H23NO3. The first-order valence-electron chi connectivity index (χ1n) is 7.05. The molecule has 0 spiro atoms. The molecule has 0 heterocycles. The van der Waals surface area contributed by atoms with Crippen LogP contribution in [0.15, 0.2) is 18.2 Å². The molecule has 20 heavy (non-hydrogen) atoms. The quantitative estimate of drug-likeness (QED) is 0.616. The minimum Gasteiger partial charge on any atom is -0.452 e. The number of carbonyl (C=O) groups excluding carboxylic acids is 2. The van der Waals surface area contributed by atoms with Crippen molar-refractivity contribution in [2.24, 2.45) is 0 Å². The summed E-state index contributed by atoms with van der Waals surface area (Å²) < 4.78 is 5.03. The summed E-state index contributed by atoms with van der Waals surface area (Å²) in [6.45, 7) is 6.28. The smallest absolute Gasteiger partial charge is 0.338 e. The molecule has 0 saturated heterocycles. The van der Waals surface area contributed by atoms with Gasteiger partial charge in [-0.2, -0.15) is 0 Å². The first-order valence-corrected chi connectivity index (χ1v) is 7.05. The molecule has 0 fully saturated rings. The van der Waals surface area contributed by atoms with Crippen LogP contribution in [0.3, 0.4) is 0 Å². The van der Waals surface area contributed by atoms with Gasteiger partial charge < -0.3 is 10.1 Å². The third kappa shape index (κ3) is 5.43. The Hall–Kier alpha value is -1.84. The monoisotopic (exact) mass is 277 g/mol. The van der Waals surface area contributed by atoms with Crippen LogP contribution >= 0.6 is 0 Å². The van der Waals surface area contributed by atoms with Gasteiger partial charge in [0, 0.05) is 6.54 Å². The van der Waals surface area contributed by atoms with Crippen LogP contribution in [0.1, 0.15) is 47.7 Å². The van der Waals surface area contributed by atoms with E-state index >= 15 is 0 Å². The number of benzene rings is 1. The van der Waals surface area contributed by atoms with Crippen LogP contribution in [0.25, 0.3) is 0 Å². The fraction of sp³-hybridized carbons (Fsp3) is 0.500. The molecule has 0 radical (unpaired) electrons. The lowest BCUT2D eigenvalue weighted by atomic mass is 10.1. The number of rotatable bonds is 7. The Bertz CT molecular complexity index is 469. The summed E-state index contributed by atoms with van der Waals surface area (Å²) in [5.41, 5.74) is 2.36. The lowest BCUT2D eigenvalue weighted by molar-refractivity contribution is -0.124. The summed E-state index contributed by atoms with van der Waals surface area (Å²) in [6.07, 6.45) is 3.15. The zero-order valence-corrected chi connectivity index (χ0v) is 12.5. The van der Waals surface area contributed by atoms with Crippen molar-refractivity contribution >= 4 is 11.9 Å². The number of nitrogens with one attached hydrogen (secondary N) is 1. The molecule has 0 saturated carbocycles. The number of aryl methyl sites for hydroxylation is 2. The van der Waals surface area contributed by atoms with Crippen LogP contribution in [0.4, 0.5) is 0 Å². The first-order chi connectivity index (χ1) is 9.54. The largest absolute Gasteiger partial charge is 0.452 e. The number of esters is 1. The van der Waals surface area contributed by atoms with Crippen molar-refractivity contribution < 1.29 is 14.3 Å². The van der Waals surface area contributed by atoms with Crippen molar-refractivity contribution in [3.05, 3.63) is 34.9 Å². The molecule has 1 aromatic rings. The second-order valence-electron chi connectivity index (χ2n) is 4.95. The van der Waals surface area contributed by atoms with Gasteiger partial charge in [0.15, 0.2) is 6.61 Å². The number of hydrogen-bond acceptors (Lipinski definition) is 3. The van der Waals surface area contributed by atoms with Crippen molar-refractivity contribution in [3.63, 3.8) is 0 Å². The third-order valence-electron chi connectivity index (χ3n) is 3.05. The fourth-order valence-electron chi connectivity index (χ4n) is 1.82. The van der Waals surface area contributed by atoms with Crippen molar-refractivity contribution in [3.8, 4) is 0 Å². The van der Waals surface area contributed by atoms with Crippen LogP contribution in [0, 0.1) is 13.8 Å². The van der Waals surface area contributed by atoms with E-state index in [4.69, 9.17) is 4.74 Å². The van der Waals surface area contributed by atoms with Crippen molar-refractivity contribution in [2.45, 2.75) is 40.0 Å². The molecule has 110 valence electrons. The highest BCUT2D eigenvalue weighted by Crippen LogP contribution is 2.11. The zero-order chi connectivity index (χ0) is 15.0. The predicted molar refractivity (Wildman–Crippen MR) is 78.7 cm³/mol. The van der Waals surface area contributed by atoms with E-state index in [-0.39, 0.29) is 12.5 Å². The van der Waals surface area contributed by atoms with Crippen LogP contribution in [-0.2, 0) is 9.53 Å². The SMILES string of the molecule is CCCCCNC(=O)COC(=O)c1cc(C)ccc1C. The summed E-state index contributed by atoms with van der Waals surface area (Å²) >= 11 is 0. The first kappa shape index (κ1) is 16.2. The Balaban J connectivity index is 2.39. The van der Waals surface area contributed by atoms with Crippen LogP contribution in [0.5, 0.6) is 0 Å². The van der Waals surface area contributed by atoms with Gasteiger partial charge in [0.2, 0.25) is 0 Å². The zero-order valence-electron chi connectivity index (χ0n) is 12.5. The number of amides is 1. The number of ether oxygens (including phenoxy) is 1. The molecule has 0 bridgehead atoms. The lowest BCUT2D eigenvalue weighted by Gasteiger charge is -2.08. The van der Waals surface area contributed by atoms with Crippen molar-refractivity contribution in [2.75, 3.05) is 13.2 Å². The molecule has 1 amide bonds. The Labute approximate surface area is 120 Å². The second-order valence-corrected chi connectivity index (χ2v) is 4.95. The van der Waals surface area contributed by atoms with Crippen molar-refractivity contribution in [1.82, 2.24) is 5.32 Å². The fourth-order valence-corrected chi connectivity index (χ4v) is 1.82. The Morgan fingerprint density at radius 2 is 1.95 bits per heavy atom. The van der Waals surface area contributed by atoms with E-state index in [2.05, 4.69) is 12.2 Å². The van der Waals surface area contributed by atoms with Gasteiger partial charge in [0.05, 0.1) is 5.56 Å². The summed E-state index contributed by atoms with van der Waals surface area (Å²) in [7, 11) is 0.